The molecule has 0 radical (unpaired) electrons. The molecule has 0 amide bonds. The summed E-state index contributed by atoms with van der Waals surface area (Å²) in [5, 5.41) is 0. The van der Waals surface area contributed by atoms with Crippen molar-refractivity contribution >= 4 is 21.2 Å². The Balaban J connectivity index is 1.68. The average molecular weight is 399 g/mol. The van der Waals surface area contributed by atoms with Gasteiger partial charge >= 0.3 is 0 Å². The lowest BCUT2D eigenvalue weighted by atomic mass is 10.1. The number of fused-ring (bicyclic) bond motifs is 2. The van der Waals surface area contributed by atoms with Gasteiger partial charge in [-0.05, 0) is 13.8 Å². The van der Waals surface area contributed by atoms with E-state index < -0.39 is 40.4 Å². The second kappa shape index (κ2) is 6.34. The lowest BCUT2D eigenvalue weighted by Gasteiger charge is -2.24. The minimum atomic E-state index is -3.37. The molecule has 27 heavy (non-hydrogen) atoms. The highest BCUT2D eigenvalue weighted by Crippen LogP contribution is 2.43. The van der Waals surface area contributed by atoms with Crippen LogP contribution in [0.25, 0.3) is 11.2 Å². The molecule has 0 aliphatic carbocycles. The quantitative estimate of drug-likeness (QED) is 0.727. The van der Waals surface area contributed by atoms with Gasteiger partial charge in [-0.3, -0.25) is 4.57 Å². The van der Waals surface area contributed by atoms with Crippen LogP contribution < -0.4 is 9.46 Å². The zero-order valence-electron chi connectivity index (χ0n) is 15.3. The van der Waals surface area contributed by atoms with Crippen molar-refractivity contribution in [1.82, 2.24) is 24.2 Å². The van der Waals surface area contributed by atoms with Gasteiger partial charge in [0.2, 0.25) is 15.9 Å². The SMILES string of the molecule is COc1ncnc2c1ncn2[C@@H]1O[C@H](CNS(C)(=O)=O)[C@H]2OC(C)(C)O[C@H]21. The molecule has 2 aromatic rings. The van der Waals surface area contributed by atoms with Crippen LogP contribution in [0.3, 0.4) is 0 Å². The molecule has 4 heterocycles. The third-order valence-electron chi connectivity index (χ3n) is 4.46. The molecule has 2 aliphatic heterocycles. The second-order valence-corrected chi connectivity index (χ2v) is 8.79. The third kappa shape index (κ3) is 3.38. The number of ether oxygens (including phenoxy) is 4. The summed E-state index contributed by atoms with van der Waals surface area (Å²) in [5.41, 5.74) is 1.02. The number of aromatic nitrogens is 4. The van der Waals surface area contributed by atoms with Crippen LogP contribution in [0.1, 0.15) is 20.1 Å². The van der Waals surface area contributed by atoms with E-state index in [0.717, 1.165) is 6.26 Å². The van der Waals surface area contributed by atoms with Gasteiger partial charge in [-0.25, -0.2) is 23.1 Å². The van der Waals surface area contributed by atoms with Crippen LogP contribution in [0.5, 0.6) is 5.88 Å². The number of hydrogen-bond donors (Lipinski definition) is 1. The molecule has 4 atom stereocenters. The lowest BCUT2D eigenvalue weighted by molar-refractivity contribution is -0.195. The Hall–Kier alpha value is -1.86. The van der Waals surface area contributed by atoms with Gasteiger partial charge in [0.05, 0.1) is 19.7 Å². The van der Waals surface area contributed by atoms with Crippen LogP contribution in [0.2, 0.25) is 0 Å². The molecule has 0 spiro atoms. The van der Waals surface area contributed by atoms with Crippen molar-refractivity contribution < 1.29 is 27.4 Å². The fourth-order valence-electron chi connectivity index (χ4n) is 3.45. The minimum absolute atomic E-state index is 0.0703. The molecule has 2 fully saturated rings. The summed E-state index contributed by atoms with van der Waals surface area (Å²) < 4.78 is 50.4. The maximum absolute atomic E-state index is 11.5. The fourth-order valence-corrected chi connectivity index (χ4v) is 3.91. The average Bonchev–Trinajstić information content (AvgIpc) is 3.22. The summed E-state index contributed by atoms with van der Waals surface area (Å²) in [5.74, 6) is -0.462. The molecule has 2 aliphatic rings. The van der Waals surface area contributed by atoms with E-state index in [2.05, 4.69) is 19.7 Å². The van der Waals surface area contributed by atoms with Gasteiger partial charge < -0.3 is 18.9 Å². The van der Waals surface area contributed by atoms with Crippen molar-refractivity contribution in [2.75, 3.05) is 19.9 Å². The van der Waals surface area contributed by atoms with Crippen molar-refractivity contribution in [3.63, 3.8) is 0 Å². The van der Waals surface area contributed by atoms with Crippen LogP contribution in [0, 0.1) is 0 Å². The monoisotopic (exact) mass is 399 g/mol. The molecule has 0 unspecified atom stereocenters. The van der Waals surface area contributed by atoms with Crippen LogP contribution in [0.15, 0.2) is 12.7 Å². The Morgan fingerprint density at radius 3 is 2.70 bits per heavy atom. The summed E-state index contributed by atoms with van der Waals surface area (Å²) in [6.45, 7) is 3.68. The minimum Gasteiger partial charge on any atom is -0.479 e. The van der Waals surface area contributed by atoms with E-state index in [4.69, 9.17) is 18.9 Å². The molecule has 148 valence electrons. The van der Waals surface area contributed by atoms with Gasteiger partial charge in [0.15, 0.2) is 23.2 Å². The van der Waals surface area contributed by atoms with E-state index in [1.807, 2.05) is 0 Å². The van der Waals surface area contributed by atoms with Crippen LogP contribution in [0.4, 0.5) is 0 Å². The first-order valence-electron chi connectivity index (χ1n) is 8.36. The smallest absolute Gasteiger partial charge is 0.245 e. The highest BCUT2D eigenvalue weighted by molar-refractivity contribution is 7.88. The predicted octanol–water partition coefficient (Wildman–Crippen LogP) is -0.198. The zero-order chi connectivity index (χ0) is 19.4. The highest BCUT2D eigenvalue weighted by Gasteiger charge is 2.56. The molecule has 2 saturated heterocycles. The topological polar surface area (TPSA) is 127 Å². The normalized spacial score (nSPS) is 29.9. The third-order valence-corrected chi connectivity index (χ3v) is 5.16. The van der Waals surface area contributed by atoms with E-state index in [1.54, 1.807) is 24.7 Å². The van der Waals surface area contributed by atoms with E-state index in [1.165, 1.54) is 13.4 Å². The first kappa shape index (κ1) is 18.5. The second-order valence-electron chi connectivity index (χ2n) is 6.96. The van der Waals surface area contributed by atoms with Crippen LogP contribution >= 0.6 is 0 Å². The Bertz CT molecular complexity index is 961. The Labute approximate surface area is 156 Å². The molecule has 0 bridgehead atoms. The number of nitrogens with one attached hydrogen (secondary N) is 1. The van der Waals surface area contributed by atoms with E-state index in [0.29, 0.717) is 17.0 Å². The molecule has 1 N–H and O–H groups in total. The van der Waals surface area contributed by atoms with Gasteiger partial charge in [-0.2, -0.15) is 4.98 Å². The Morgan fingerprint density at radius 2 is 2.00 bits per heavy atom. The van der Waals surface area contributed by atoms with Gasteiger partial charge in [-0.15, -0.1) is 0 Å². The highest BCUT2D eigenvalue weighted by atomic mass is 32.2. The summed E-state index contributed by atoms with van der Waals surface area (Å²) >= 11 is 0. The van der Waals surface area contributed by atoms with E-state index in [-0.39, 0.29) is 6.54 Å². The standard InChI is InChI=1S/C15H21N5O6S/c1-15(2)25-10-8(5-19-27(4,21)22)24-14(11(10)26-15)20-7-18-9-12(20)16-6-17-13(9)23-3/h6-8,10-11,14,19H,5H2,1-4H3/t8-,10-,11-,14-/m1/s1. The molecular formula is C15H21N5O6S. The first-order chi connectivity index (χ1) is 12.7. The number of methoxy groups -OCH3 is 1. The molecule has 0 aromatic carbocycles. The van der Waals surface area contributed by atoms with E-state index >= 15 is 0 Å². The van der Waals surface area contributed by atoms with Crippen molar-refractivity contribution in [2.24, 2.45) is 0 Å². The fraction of sp³-hybridized carbons (Fsp3) is 0.667. The van der Waals surface area contributed by atoms with Crippen molar-refractivity contribution in [1.29, 1.82) is 0 Å². The summed E-state index contributed by atoms with van der Waals surface area (Å²) in [7, 11) is -1.86. The molecule has 12 heteroatoms. The summed E-state index contributed by atoms with van der Waals surface area (Å²) in [4.78, 5) is 12.6. The molecule has 11 nitrogen and oxygen atoms in total. The van der Waals surface area contributed by atoms with Gasteiger partial charge in [0.1, 0.15) is 24.6 Å². The molecule has 0 saturated carbocycles. The van der Waals surface area contributed by atoms with Gasteiger partial charge in [0, 0.05) is 6.54 Å². The number of nitrogens with zero attached hydrogens (tertiary/aromatic N) is 4. The zero-order valence-corrected chi connectivity index (χ0v) is 16.1. The summed E-state index contributed by atoms with van der Waals surface area (Å²) in [6.07, 6.45) is 2.03. The van der Waals surface area contributed by atoms with Crippen molar-refractivity contribution in [3.8, 4) is 5.88 Å². The number of rotatable bonds is 5. The van der Waals surface area contributed by atoms with Gasteiger partial charge in [-0.1, -0.05) is 0 Å². The number of imidazole rings is 1. The van der Waals surface area contributed by atoms with Gasteiger partial charge in [0.25, 0.3) is 0 Å². The molecule has 2 aromatic heterocycles. The maximum atomic E-state index is 11.5. The molecular weight excluding hydrogens is 378 g/mol. The maximum Gasteiger partial charge on any atom is 0.245 e. The van der Waals surface area contributed by atoms with Crippen LogP contribution in [-0.4, -0.2) is 71.9 Å². The van der Waals surface area contributed by atoms with Crippen molar-refractivity contribution in [3.05, 3.63) is 12.7 Å². The lowest BCUT2D eigenvalue weighted by Crippen LogP contribution is -2.39. The predicted molar refractivity (Wildman–Crippen MR) is 92.5 cm³/mol. The number of hydrogen-bond acceptors (Lipinski definition) is 9. The molecule has 4 rings (SSSR count). The number of sulfonamides is 1. The Kier molecular flexibility index (Phi) is 4.35. The van der Waals surface area contributed by atoms with Crippen LogP contribution in [-0.2, 0) is 24.2 Å². The Morgan fingerprint density at radius 1 is 1.26 bits per heavy atom. The van der Waals surface area contributed by atoms with Crippen molar-refractivity contribution in [2.45, 2.75) is 44.2 Å². The largest absolute Gasteiger partial charge is 0.479 e. The first-order valence-corrected chi connectivity index (χ1v) is 10.2. The van der Waals surface area contributed by atoms with E-state index in [9.17, 15) is 8.42 Å². The summed E-state index contributed by atoms with van der Waals surface area (Å²) in [6, 6.07) is 0.